The van der Waals surface area contributed by atoms with Crippen LogP contribution in [0.5, 0.6) is 11.5 Å². The number of dihydropyridines is 1. The summed E-state index contributed by atoms with van der Waals surface area (Å²) in [7, 11) is 0. The molecule has 246 valence electrons. The largest absolute Gasteiger partial charge is 0.457 e. The number of hydrogen-bond donors (Lipinski definition) is 1. The Bertz CT molecular complexity index is 2300. The lowest BCUT2D eigenvalue weighted by atomic mass is 9.59. The Kier molecular flexibility index (Phi) is 6.99. The van der Waals surface area contributed by atoms with Crippen molar-refractivity contribution in [1.82, 2.24) is 5.32 Å². The molecule has 0 saturated heterocycles. The molecule has 5 aliphatic rings. The molecule has 1 spiro atoms. The lowest BCUT2D eigenvalue weighted by Gasteiger charge is -2.45. The Morgan fingerprint density at radius 3 is 1.84 bits per heavy atom. The van der Waals surface area contributed by atoms with Gasteiger partial charge in [0.05, 0.1) is 6.04 Å². The Labute approximate surface area is 300 Å². The number of rotatable bonds is 4. The molecule has 5 aromatic carbocycles. The summed E-state index contributed by atoms with van der Waals surface area (Å²) in [6.45, 7) is 2.26. The van der Waals surface area contributed by atoms with E-state index in [1.165, 1.54) is 44.5 Å². The normalized spacial score (nSPS) is 26.5. The van der Waals surface area contributed by atoms with Gasteiger partial charge in [0.25, 0.3) is 0 Å². The fourth-order valence-corrected chi connectivity index (χ4v) is 9.76. The first kappa shape index (κ1) is 30.0. The molecule has 10 rings (SSSR count). The van der Waals surface area contributed by atoms with Crippen molar-refractivity contribution in [2.45, 2.75) is 18.4 Å². The molecule has 2 heteroatoms. The van der Waals surface area contributed by atoms with Crippen molar-refractivity contribution in [3.05, 3.63) is 215 Å². The summed E-state index contributed by atoms with van der Waals surface area (Å²) in [6, 6.07) is 46.3. The smallest absolute Gasteiger partial charge is 0.132 e. The Morgan fingerprint density at radius 1 is 0.529 bits per heavy atom. The second-order valence-corrected chi connectivity index (χ2v) is 14.5. The first-order valence-corrected chi connectivity index (χ1v) is 18.2. The van der Waals surface area contributed by atoms with E-state index in [2.05, 4.69) is 194 Å². The van der Waals surface area contributed by atoms with E-state index in [4.69, 9.17) is 4.74 Å². The van der Waals surface area contributed by atoms with Crippen LogP contribution in [0.15, 0.2) is 188 Å². The highest BCUT2D eigenvalue weighted by Crippen LogP contribution is 2.67. The fourth-order valence-electron chi connectivity index (χ4n) is 9.76. The molecule has 5 atom stereocenters. The Balaban J connectivity index is 1.05. The second kappa shape index (κ2) is 11.9. The SMILES string of the molecule is CC1=C(c2ccc(-c3ccc4c(c3)Oc3ccccc3C43C4C=CC=CC4C4C=CC=CC43)cc2)C=C(c2ccccc2)NC1c1ccccc1. The van der Waals surface area contributed by atoms with Crippen LogP contribution in [-0.2, 0) is 5.41 Å². The van der Waals surface area contributed by atoms with Gasteiger partial charge in [-0.25, -0.2) is 0 Å². The first-order valence-electron chi connectivity index (χ1n) is 18.2. The lowest BCUT2D eigenvalue weighted by Crippen LogP contribution is -2.41. The van der Waals surface area contributed by atoms with Crippen molar-refractivity contribution >= 4 is 11.3 Å². The van der Waals surface area contributed by atoms with E-state index < -0.39 is 0 Å². The van der Waals surface area contributed by atoms with Crippen molar-refractivity contribution in [2.24, 2.45) is 23.7 Å². The van der Waals surface area contributed by atoms with Gasteiger partial charge in [-0.3, -0.25) is 0 Å². The van der Waals surface area contributed by atoms with E-state index >= 15 is 0 Å². The molecule has 0 amide bonds. The third-order valence-corrected chi connectivity index (χ3v) is 12.0. The van der Waals surface area contributed by atoms with Crippen LogP contribution >= 0.6 is 0 Å². The molecular weight excluding hydrogens is 619 g/mol. The van der Waals surface area contributed by atoms with Crippen molar-refractivity contribution in [1.29, 1.82) is 0 Å². The minimum Gasteiger partial charge on any atom is -0.457 e. The van der Waals surface area contributed by atoms with Crippen LogP contribution in [0.4, 0.5) is 0 Å². The van der Waals surface area contributed by atoms with Crippen LogP contribution in [-0.4, -0.2) is 0 Å². The maximum atomic E-state index is 6.82. The number of ether oxygens (including phenoxy) is 1. The molecule has 2 nitrogen and oxygen atoms in total. The van der Waals surface area contributed by atoms with Crippen molar-refractivity contribution in [3.8, 4) is 22.6 Å². The van der Waals surface area contributed by atoms with Gasteiger partial charge in [0.1, 0.15) is 11.5 Å². The summed E-state index contributed by atoms with van der Waals surface area (Å²) in [5.74, 6) is 3.52. The molecule has 5 unspecified atom stereocenters. The lowest BCUT2D eigenvalue weighted by molar-refractivity contribution is 0.310. The zero-order chi connectivity index (χ0) is 33.9. The van der Waals surface area contributed by atoms with Crippen LogP contribution in [0.25, 0.3) is 22.4 Å². The summed E-state index contributed by atoms with van der Waals surface area (Å²) in [5, 5.41) is 3.84. The average Bonchev–Trinajstić information content (AvgIpc) is 3.49. The fraction of sp³-hybridized carbons (Fsp3) is 0.143. The van der Waals surface area contributed by atoms with Gasteiger partial charge in [0.2, 0.25) is 0 Å². The zero-order valence-corrected chi connectivity index (χ0v) is 28.6. The standard InChI is InChI=1S/C49H39NO/c1-32-40(31-45(35-14-4-2-5-15-35)50-48(32)36-16-6-3-7-17-36)34-26-24-33(25-27-34)37-28-29-44-47(30-37)51-46-23-13-12-22-43(46)49(44)41-20-10-8-18-38(41)39-19-9-11-21-42(39)49/h2-31,38-39,41-42,48,50H,1H3. The third-order valence-electron chi connectivity index (χ3n) is 12.0. The van der Waals surface area contributed by atoms with Crippen molar-refractivity contribution < 1.29 is 4.74 Å². The molecule has 3 aliphatic carbocycles. The molecule has 1 saturated carbocycles. The topological polar surface area (TPSA) is 21.3 Å². The van der Waals surface area contributed by atoms with Crippen molar-refractivity contribution in [2.75, 3.05) is 0 Å². The number of para-hydroxylation sites is 1. The number of nitrogens with one attached hydrogen (secondary N) is 1. The Hall–Kier alpha value is -5.86. The molecule has 2 aliphatic heterocycles. The monoisotopic (exact) mass is 657 g/mol. The number of allylic oxidation sites excluding steroid dienone is 10. The third kappa shape index (κ3) is 4.63. The molecule has 1 fully saturated rings. The summed E-state index contributed by atoms with van der Waals surface area (Å²) in [6.07, 6.45) is 21.1. The molecule has 5 aromatic rings. The van der Waals surface area contributed by atoms with Gasteiger partial charge in [0, 0.05) is 22.2 Å². The molecule has 51 heavy (non-hydrogen) atoms. The van der Waals surface area contributed by atoms with Crippen LogP contribution in [0.2, 0.25) is 0 Å². The van der Waals surface area contributed by atoms with Crippen LogP contribution in [0.3, 0.4) is 0 Å². The predicted octanol–water partition coefficient (Wildman–Crippen LogP) is 11.6. The van der Waals surface area contributed by atoms with Crippen LogP contribution in [0, 0.1) is 23.7 Å². The highest BCUT2D eigenvalue weighted by molar-refractivity contribution is 5.88. The maximum Gasteiger partial charge on any atom is 0.132 e. The van der Waals surface area contributed by atoms with E-state index in [9.17, 15) is 0 Å². The number of hydrogen-bond acceptors (Lipinski definition) is 2. The first-order chi connectivity index (χ1) is 25.2. The summed E-state index contributed by atoms with van der Waals surface area (Å²) in [4.78, 5) is 0. The molecule has 0 bridgehead atoms. The summed E-state index contributed by atoms with van der Waals surface area (Å²) in [5.41, 5.74) is 12.1. The Morgan fingerprint density at radius 2 is 1.12 bits per heavy atom. The van der Waals surface area contributed by atoms with Gasteiger partial charge in [-0.15, -0.1) is 0 Å². The van der Waals surface area contributed by atoms with Gasteiger partial charge < -0.3 is 10.1 Å². The quantitative estimate of drug-likeness (QED) is 0.208. The minimum absolute atomic E-state index is 0.0906. The van der Waals surface area contributed by atoms with Crippen LogP contribution < -0.4 is 10.1 Å². The average molecular weight is 658 g/mol. The molecule has 0 radical (unpaired) electrons. The highest BCUT2D eigenvalue weighted by atomic mass is 16.5. The van der Waals surface area contributed by atoms with Gasteiger partial charge in [-0.1, -0.05) is 164 Å². The minimum atomic E-state index is -0.207. The van der Waals surface area contributed by atoms with Crippen LogP contribution in [0.1, 0.15) is 40.8 Å². The van der Waals surface area contributed by atoms with Gasteiger partial charge in [0.15, 0.2) is 0 Å². The van der Waals surface area contributed by atoms with E-state index in [1.54, 1.807) is 0 Å². The predicted molar refractivity (Wildman–Crippen MR) is 209 cm³/mol. The number of fused-ring (bicyclic) bond motifs is 9. The molecular formula is C49H39NO. The highest BCUT2D eigenvalue weighted by Gasteiger charge is 2.62. The zero-order valence-electron chi connectivity index (χ0n) is 28.6. The molecule has 1 N–H and O–H groups in total. The summed E-state index contributed by atoms with van der Waals surface area (Å²) >= 11 is 0. The van der Waals surface area contributed by atoms with E-state index in [0.29, 0.717) is 23.7 Å². The van der Waals surface area contributed by atoms with Gasteiger partial charge in [-0.05, 0) is 87.8 Å². The molecule has 0 aromatic heterocycles. The van der Waals surface area contributed by atoms with E-state index in [-0.39, 0.29) is 11.5 Å². The van der Waals surface area contributed by atoms with Crippen molar-refractivity contribution in [3.63, 3.8) is 0 Å². The van der Waals surface area contributed by atoms with Gasteiger partial charge >= 0.3 is 0 Å². The maximum absolute atomic E-state index is 6.82. The van der Waals surface area contributed by atoms with E-state index in [0.717, 1.165) is 22.8 Å². The second-order valence-electron chi connectivity index (χ2n) is 14.5. The van der Waals surface area contributed by atoms with E-state index in [1.807, 2.05) is 0 Å². The summed E-state index contributed by atoms with van der Waals surface area (Å²) < 4.78 is 6.82. The molecule has 2 heterocycles. The number of benzene rings is 5. The van der Waals surface area contributed by atoms with Gasteiger partial charge in [-0.2, -0.15) is 0 Å².